The Kier molecular flexibility index (Phi) is 11.2. The fourth-order valence-corrected chi connectivity index (χ4v) is 3.59. The topological polar surface area (TPSA) is 206 Å². The molecule has 0 saturated carbocycles. The number of hydrogen-bond acceptors (Lipinski definition) is 10. The Bertz CT molecular complexity index is 1200. The largest absolute Gasteiger partial charge is 0.477 e. The second kappa shape index (κ2) is 14.3. The van der Waals surface area contributed by atoms with Crippen molar-refractivity contribution < 1.29 is 49.0 Å². The van der Waals surface area contributed by atoms with Crippen LogP contribution >= 0.6 is 0 Å². The van der Waals surface area contributed by atoms with Gasteiger partial charge < -0.3 is 14.9 Å². The number of hydrogen-bond donors (Lipinski definition) is 2. The Morgan fingerprint density at radius 2 is 1.45 bits per heavy atom. The molecule has 1 unspecified atom stereocenters. The van der Waals surface area contributed by atoms with E-state index < -0.39 is 68.7 Å². The summed E-state index contributed by atoms with van der Waals surface area (Å²) in [4.78, 5) is 66.9. The number of rotatable bonds is 16. The van der Waals surface area contributed by atoms with E-state index in [0.717, 1.165) is 49.9 Å². The Hall–Kier alpha value is -4.43. The standard InChI is InChI=1S/C24H26N2O12/c1-2-3-4-5-6-13-19(37-24(31)16-10-8-12-18(26(34)35)21(16)23(29)30)38-36-14-15-9-7-11-17(25(32)33)20(15)22(27)28/h7-12,19H,2-6,13-14H2,1H3,(H,27,28)(H,29,30). The number of aromatic carboxylic acids is 2. The van der Waals surface area contributed by atoms with E-state index in [2.05, 4.69) is 0 Å². The minimum absolute atomic E-state index is 0.0773. The van der Waals surface area contributed by atoms with Crippen molar-refractivity contribution in [3.8, 4) is 0 Å². The van der Waals surface area contributed by atoms with Gasteiger partial charge in [0.2, 0.25) is 6.29 Å². The molecule has 0 spiro atoms. The average molecular weight is 534 g/mol. The van der Waals surface area contributed by atoms with E-state index in [0.29, 0.717) is 6.42 Å². The minimum Gasteiger partial charge on any atom is -0.477 e. The summed E-state index contributed by atoms with van der Waals surface area (Å²) in [6.07, 6.45) is 2.82. The summed E-state index contributed by atoms with van der Waals surface area (Å²) in [5, 5.41) is 41.2. The van der Waals surface area contributed by atoms with Crippen LogP contribution in [0.5, 0.6) is 0 Å². The fourth-order valence-electron chi connectivity index (χ4n) is 3.59. The number of esters is 1. The predicted octanol–water partition coefficient (Wildman–Crippen LogP) is 4.89. The Balaban J connectivity index is 2.22. The second-order valence-corrected chi connectivity index (χ2v) is 8.03. The van der Waals surface area contributed by atoms with Gasteiger partial charge in [0.05, 0.1) is 15.4 Å². The lowest BCUT2D eigenvalue weighted by atomic mass is 10.1. The summed E-state index contributed by atoms with van der Waals surface area (Å²) < 4.78 is 5.25. The van der Waals surface area contributed by atoms with E-state index in [1.54, 1.807) is 0 Å². The number of carbonyl (C=O) groups is 3. The number of carboxylic acids is 2. The number of carbonyl (C=O) groups excluding carboxylic acids is 1. The Morgan fingerprint density at radius 3 is 2.03 bits per heavy atom. The monoisotopic (exact) mass is 534 g/mol. The lowest BCUT2D eigenvalue weighted by Crippen LogP contribution is -2.24. The summed E-state index contributed by atoms with van der Waals surface area (Å²) in [6.45, 7) is 1.48. The molecule has 0 fully saturated rings. The zero-order valence-electron chi connectivity index (χ0n) is 20.4. The van der Waals surface area contributed by atoms with Gasteiger partial charge in [0.25, 0.3) is 11.4 Å². The molecule has 2 rings (SSSR count). The van der Waals surface area contributed by atoms with Crippen molar-refractivity contribution in [1.29, 1.82) is 0 Å². The van der Waals surface area contributed by atoms with E-state index in [9.17, 15) is 44.8 Å². The molecule has 0 amide bonds. The van der Waals surface area contributed by atoms with Crippen LogP contribution in [0.1, 0.15) is 82.1 Å². The zero-order valence-corrected chi connectivity index (χ0v) is 20.4. The first-order valence-corrected chi connectivity index (χ1v) is 11.6. The van der Waals surface area contributed by atoms with E-state index in [1.807, 2.05) is 6.92 Å². The summed E-state index contributed by atoms with van der Waals surface area (Å²) in [7, 11) is 0. The molecule has 0 aromatic heterocycles. The molecule has 204 valence electrons. The Morgan fingerprint density at radius 1 is 0.868 bits per heavy atom. The number of nitro benzene ring substituents is 2. The van der Waals surface area contributed by atoms with Crippen molar-refractivity contribution in [2.45, 2.75) is 58.3 Å². The SMILES string of the molecule is CCCCCCCC(OOCc1cccc([N+](=O)[O-])c1C(=O)O)OC(=O)c1cccc([N+](=O)[O-])c1C(=O)O. The number of carboxylic acid groups (broad SMARTS) is 2. The van der Waals surface area contributed by atoms with Crippen LogP contribution in [-0.4, -0.2) is 44.3 Å². The maximum absolute atomic E-state index is 12.8. The van der Waals surface area contributed by atoms with Crippen molar-refractivity contribution in [1.82, 2.24) is 0 Å². The number of nitro groups is 2. The van der Waals surface area contributed by atoms with Gasteiger partial charge >= 0.3 is 17.9 Å². The van der Waals surface area contributed by atoms with Gasteiger partial charge in [-0.25, -0.2) is 19.3 Å². The quantitative estimate of drug-likeness (QED) is 0.0737. The lowest BCUT2D eigenvalue weighted by molar-refractivity contribution is -0.386. The van der Waals surface area contributed by atoms with Gasteiger partial charge in [-0.2, -0.15) is 4.89 Å². The van der Waals surface area contributed by atoms with Gasteiger partial charge in [0.1, 0.15) is 12.2 Å². The number of nitrogens with zero attached hydrogens (tertiary/aromatic N) is 2. The minimum atomic E-state index is -1.70. The Labute approximate surface area is 216 Å². The molecule has 2 aromatic carbocycles. The third-order valence-electron chi connectivity index (χ3n) is 5.38. The third kappa shape index (κ3) is 8.04. The maximum Gasteiger partial charge on any atom is 0.343 e. The maximum atomic E-state index is 12.8. The number of ether oxygens (including phenoxy) is 1. The summed E-state index contributed by atoms with van der Waals surface area (Å²) >= 11 is 0. The highest BCUT2D eigenvalue weighted by Crippen LogP contribution is 2.26. The van der Waals surface area contributed by atoms with Gasteiger partial charge in [-0.05, 0) is 12.5 Å². The molecule has 14 heteroatoms. The van der Waals surface area contributed by atoms with Gasteiger partial charge in [-0.1, -0.05) is 50.8 Å². The summed E-state index contributed by atoms with van der Waals surface area (Å²) in [5.41, 5.74) is -3.55. The smallest absolute Gasteiger partial charge is 0.343 e. The van der Waals surface area contributed by atoms with Gasteiger partial charge in [-0.15, -0.1) is 0 Å². The molecule has 0 aliphatic carbocycles. The molecule has 0 saturated heterocycles. The van der Waals surface area contributed by atoms with Gasteiger partial charge in [-0.3, -0.25) is 20.2 Å². The summed E-state index contributed by atoms with van der Waals surface area (Å²) in [5.74, 6) is -4.47. The molecule has 0 bridgehead atoms. The van der Waals surface area contributed by atoms with Crippen LogP contribution < -0.4 is 0 Å². The highest BCUT2D eigenvalue weighted by Gasteiger charge is 2.30. The second-order valence-electron chi connectivity index (χ2n) is 8.03. The van der Waals surface area contributed by atoms with E-state index >= 15 is 0 Å². The van der Waals surface area contributed by atoms with Crippen LogP contribution in [0.4, 0.5) is 11.4 Å². The highest BCUT2D eigenvalue weighted by molar-refractivity contribution is 6.05. The van der Waals surface area contributed by atoms with Crippen LogP contribution in [0, 0.1) is 20.2 Å². The molecular weight excluding hydrogens is 508 g/mol. The van der Waals surface area contributed by atoms with Crippen LogP contribution in [0.15, 0.2) is 36.4 Å². The molecular formula is C24H26N2O12. The average Bonchev–Trinajstić information content (AvgIpc) is 2.87. The van der Waals surface area contributed by atoms with E-state index in [4.69, 9.17) is 14.5 Å². The van der Waals surface area contributed by atoms with Crippen molar-refractivity contribution >= 4 is 29.3 Å². The molecule has 0 aliphatic rings. The van der Waals surface area contributed by atoms with E-state index in [1.165, 1.54) is 12.1 Å². The molecule has 38 heavy (non-hydrogen) atoms. The summed E-state index contributed by atoms with van der Waals surface area (Å²) in [6, 6.07) is 6.70. The van der Waals surface area contributed by atoms with Crippen molar-refractivity contribution in [2.75, 3.05) is 0 Å². The zero-order chi connectivity index (χ0) is 28.2. The highest BCUT2D eigenvalue weighted by atomic mass is 17.2. The first kappa shape index (κ1) is 29.8. The van der Waals surface area contributed by atoms with Crippen LogP contribution in [0.3, 0.4) is 0 Å². The molecule has 0 aliphatic heterocycles. The van der Waals surface area contributed by atoms with E-state index in [-0.39, 0.29) is 12.0 Å². The van der Waals surface area contributed by atoms with Crippen molar-refractivity contribution in [2.24, 2.45) is 0 Å². The van der Waals surface area contributed by atoms with Crippen LogP contribution in [0.25, 0.3) is 0 Å². The molecule has 2 aromatic rings. The normalized spacial score (nSPS) is 11.5. The lowest BCUT2D eigenvalue weighted by Gasteiger charge is -2.18. The molecule has 0 heterocycles. The fraction of sp³-hybridized carbons (Fsp3) is 0.375. The number of benzene rings is 2. The molecule has 2 N–H and O–H groups in total. The first-order chi connectivity index (χ1) is 18.1. The van der Waals surface area contributed by atoms with Crippen LogP contribution in [-0.2, 0) is 21.1 Å². The van der Waals surface area contributed by atoms with Crippen LogP contribution in [0.2, 0.25) is 0 Å². The third-order valence-corrected chi connectivity index (χ3v) is 5.38. The predicted molar refractivity (Wildman–Crippen MR) is 129 cm³/mol. The molecule has 14 nitrogen and oxygen atoms in total. The van der Waals surface area contributed by atoms with Crippen molar-refractivity contribution in [3.63, 3.8) is 0 Å². The van der Waals surface area contributed by atoms with Gasteiger partial charge in [0, 0.05) is 24.1 Å². The van der Waals surface area contributed by atoms with Gasteiger partial charge in [0.15, 0.2) is 5.56 Å². The molecule has 0 radical (unpaired) electrons. The first-order valence-electron chi connectivity index (χ1n) is 11.6. The molecule has 1 atom stereocenters. The van der Waals surface area contributed by atoms with Crippen molar-refractivity contribution in [3.05, 3.63) is 78.9 Å². The number of unbranched alkanes of at least 4 members (excludes halogenated alkanes) is 4.